The molecule has 10 heteroatoms. The summed E-state index contributed by atoms with van der Waals surface area (Å²) in [5, 5.41) is 2.56. The highest BCUT2D eigenvalue weighted by Crippen LogP contribution is 2.39. The molecule has 34 heavy (non-hydrogen) atoms. The zero-order valence-corrected chi connectivity index (χ0v) is 19.3. The quantitative estimate of drug-likeness (QED) is 0.421. The smallest absolute Gasteiger partial charge is 0.445 e. The second kappa shape index (κ2) is 9.80. The molecule has 0 spiro atoms. The molecule has 0 aromatic heterocycles. The molecule has 1 saturated heterocycles. The lowest BCUT2D eigenvalue weighted by molar-refractivity contribution is -0.137. The monoisotopic (exact) mass is 479 g/mol. The molecule has 0 saturated carbocycles. The lowest BCUT2D eigenvalue weighted by atomic mass is 9.77. The van der Waals surface area contributed by atoms with Crippen molar-refractivity contribution in [2.45, 2.75) is 51.7 Å². The van der Waals surface area contributed by atoms with Crippen LogP contribution in [0.2, 0.25) is 0 Å². The van der Waals surface area contributed by atoms with E-state index in [-0.39, 0.29) is 18.7 Å². The molecule has 2 aromatic carbocycles. The standard InChI is InChI=1S/C24H26BF4NO4/c1-22(2)23(3,4)34-25(33-22)19(11-17-10-18(24(27,28)29)13-20(26)12-17)14-30-21(31)32-15-16-8-6-5-7-9-16/h5-13H,14-15H2,1-4H3,(H,30,31). The predicted molar refractivity (Wildman–Crippen MR) is 120 cm³/mol. The van der Waals surface area contributed by atoms with Crippen molar-refractivity contribution in [3.8, 4) is 0 Å². The molecule has 0 bridgehead atoms. The van der Waals surface area contributed by atoms with Crippen molar-refractivity contribution >= 4 is 19.3 Å². The van der Waals surface area contributed by atoms with Gasteiger partial charge in [0.2, 0.25) is 0 Å². The fourth-order valence-electron chi connectivity index (χ4n) is 3.22. The van der Waals surface area contributed by atoms with E-state index in [1.165, 1.54) is 6.08 Å². The minimum Gasteiger partial charge on any atom is -0.445 e. The van der Waals surface area contributed by atoms with Crippen LogP contribution in [0.25, 0.3) is 6.08 Å². The Morgan fingerprint density at radius 1 is 1.06 bits per heavy atom. The first-order chi connectivity index (χ1) is 15.8. The van der Waals surface area contributed by atoms with E-state index < -0.39 is 42.0 Å². The average Bonchev–Trinajstić information content (AvgIpc) is 2.96. The molecule has 0 unspecified atom stereocenters. The molecule has 1 aliphatic rings. The molecule has 5 nitrogen and oxygen atoms in total. The highest BCUT2D eigenvalue weighted by Gasteiger charge is 2.52. The molecular formula is C24H26BF4NO4. The highest BCUT2D eigenvalue weighted by atomic mass is 19.4. The van der Waals surface area contributed by atoms with Crippen LogP contribution in [0, 0.1) is 5.82 Å². The van der Waals surface area contributed by atoms with Crippen molar-refractivity contribution in [2.24, 2.45) is 0 Å². The van der Waals surface area contributed by atoms with Gasteiger partial charge in [-0.2, -0.15) is 13.2 Å². The maximum Gasteiger partial charge on any atom is 0.492 e. The SMILES string of the molecule is CC1(C)OB(C(=Cc2cc(F)cc(C(F)(F)F)c2)CNC(=O)OCc2ccccc2)OC1(C)C. The van der Waals surface area contributed by atoms with Crippen LogP contribution < -0.4 is 5.32 Å². The van der Waals surface area contributed by atoms with Crippen LogP contribution in [0.4, 0.5) is 22.4 Å². The van der Waals surface area contributed by atoms with Crippen molar-refractivity contribution in [2.75, 3.05) is 6.54 Å². The number of ether oxygens (including phenoxy) is 1. The summed E-state index contributed by atoms with van der Waals surface area (Å²) in [7, 11) is -0.975. The first-order valence-corrected chi connectivity index (χ1v) is 10.7. The van der Waals surface area contributed by atoms with Crippen molar-refractivity contribution in [3.05, 3.63) is 76.5 Å². The fraction of sp³-hybridized carbons (Fsp3) is 0.375. The van der Waals surface area contributed by atoms with Crippen LogP contribution in [0.3, 0.4) is 0 Å². The number of nitrogens with one attached hydrogen (secondary N) is 1. The van der Waals surface area contributed by atoms with Gasteiger partial charge in [0.25, 0.3) is 0 Å². The first-order valence-electron chi connectivity index (χ1n) is 10.7. The first kappa shape index (κ1) is 25.8. The number of carbonyl (C=O) groups excluding carboxylic acids is 1. The molecule has 0 aliphatic carbocycles. The van der Waals surface area contributed by atoms with Crippen LogP contribution in [0.5, 0.6) is 0 Å². The van der Waals surface area contributed by atoms with Crippen molar-refractivity contribution < 1.29 is 36.4 Å². The molecule has 1 fully saturated rings. The molecule has 182 valence electrons. The third kappa shape index (κ3) is 6.39. The van der Waals surface area contributed by atoms with E-state index in [1.54, 1.807) is 12.1 Å². The lowest BCUT2D eigenvalue weighted by Gasteiger charge is -2.32. The number of amides is 1. The summed E-state index contributed by atoms with van der Waals surface area (Å²) in [4.78, 5) is 12.2. The molecule has 0 radical (unpaired) electrons. The second-order valence-corrected chi connectivity index (χ2v) is 8.99. The number of alkyl carbamates (subject to hydrolysis) is 1. The summed E-state index contributed by atoms with van der Waals surface area (Å²) < 4.78 is 70.6. The van der Waals surface area contributed by atoms with E-state index >= 15 is 0 Å². The molecule has 3 rings (SSSR count). The Kier molecular flexibility index (Phi) is 7.42. The Balaban J connectivity index is 1.82. The predicted octanol–water partition coefficient (Wildman–Crippen LogP) is 5.79. The lowest BCUT2D eigenvalue weighted by Crippen LogP contribution is -2.41. The van der Waals surface area contributed by atoms with E-state index in [0.29, 0.717) is 11.5 Å². The zero-order chi connectivity index (χ0) is 25.1. The highest BCUT2D eigenvalue weighted by molar-refractivity contribution is 6.56. The maximum absolute atomic E-state index is 13.9. The summed E-state index contributed by atoms with van der Waals surface area (Å²) in [6.45, 7) is 7.15. The Morgan fingerprint density at radius 2 is 1.68 bits per heavy atom. The summed E-state index contributed by atoms with van der Waals surface area (Å²) in [6, 6.07) is 11.3. The minimum absolute atomic E-state index is 0.0427. The van der Waals surface area contributed by atoms with E-state index in [2.05, 4.69) is 5.32 Å². The van der Waals surface area contributed by atoms with Crippen LogP contribution in [-0.2, 0) is 26.8 Å². The van der Waals surface area contributed by atoms with Gasteiger partial charge in [0, 0.05) is 6.54 Å². The Morgan fingerprint density at radius 3 is 2.26 bits per heavy atom. The minimum atomic E-state index is -4.71. The van der Waals surface area contributed by atoms with Crippen molar-refractivity contribution in [1.82, 2.24) is 5.32 Å². The zero-order valence-electron chi connectivity index (χ0n) is 19.3. The Bertz CT molecular complexity index is 1040. The number of hydrogen-bond acceptors (Lipinski definition) is 4. The molecule has 2 aromatic rings. The number of halogens is 4. The third-order valence-corrected chi connectivity index (χ3v) is 5.81. The number of alkyl halides is 3. The van der Waals surface area contributed by atoms with Gasteiger partial charge in [-0.3, -0.25) is 0 Å². The van der Waals surface area contributed by atoms with Crippen LogP contribution >= 0.6 is 0 Å². The van der Waals surface area contributed by atoms with Gasteiger partial charge in [0.1, 0.15) is 12.4 Å². The van der Waals surface area contributed by atoms with E-state index in [1.807, 2.05) is 45.9 Å². The Labute approximate surface area is 196 Å². The van der Waals surface area contributed by atoms with E-state index in [0.717, 1.165) is 17.7 Å². The molecular weight excluding hydrogens is 453 g/mol. The summed E-state index contributed by atoms with van der Waals surface area (Å²) in [6.07, 6.45) is -4.13. The molecule has 1 N–H and O–H groups in total. The van der Waals surface area contributed by atoms with E-state index in [4.69, 9.17) is 14.0 Å². The molecule has 1 aliphatic heterocycles. The normalized spacial score (nSPS) is 17.5. The molecule has 1 amide bonds. The third-order valence-electron chi connectivity index (χ3n) is 5.81. The van der Waals surface area contributed by atoms with Gasteiger partial charge in [-0.1, -0.05) is 36.4 Å². The van der Waals surface area contributed by atoms with Crippen LogP contribution in [0.1, 0.15) is 44.4 Å². The summed E-state index contributed by atoms with van der Waals surface area (Å²) in [5.74, 6) is -1.04. The largest absolute Gasteiger partial charge is 0.492 e. The van der Waals surface area contributed by atoms with Crippen LogP contribution in [0.15, 0.2) is 54.0 Å². The van der Waals surface area contributed by atoms with Gasteiger partial charge in [0.05, 0.1) is 16.8 Å². The van der Waals surface area contributed by atoms with Gasteiger partial charge in [0.15, 0.2) is 0 Å². The number of hydrogen-bond donors (Lipinski definition) is 1. The maximum atomic E-state index is 13.9. The second-order valence-electron chi connectivity index (χ2n) is 8.99. The number of carbonyl (C=O) groups is 1. The topological polar surface area (TPSA) is 56.8 Å². The van der Waals surface area contributed by atoms with Crippen LogP contribution in [-0.4, -0.2) is 31.0 Å². The van der Waals surface area contributed by atoms with Gasteiger partial charge in [-0.05, 0) is 62.5 Å². The van der Waals surface area contributed by atoms with Crippen molar-refractivity contribution in [3.63, 3.8) is 0 Å². The van der Waals surface area contributed by atoms with Gasteiger partial charge in [-0.25, -0.2) is 9.18 Å². The number of benzene rings is 2. The number of rotatable bonds is 6. The summed E-state index contributed by atoms with van der Waals surface area (Å²) in [5.41, 5.74) is -1.54. The Hall–Kier alpha value is -2.85. The van der Waals surface area contributed by atoms with Gasteiger partial charge in [-0.15, -0.1) is 0 Å². The van der Waals surface area contributed by atoms with Gasteiger partial charge >= 0.3 is 19.4 Å². The average molecular weight is 479 g/mol. The van der Waals surface area contributed by atoms with E-state index in [9.17, 15) is 22.4 Å². The fourth-order valence-corrected chi connectivity index (χ4v) is 3.22. The van der Waals surface area contributed by atoms with Crippen molar-refractivity contribution in [1.29, 1.82) is 0 Å². The molecule has 0 atom stereocenters. The van der Waals surface area contributed by atoms with Gasteiger partial charge < -0.3 is 19.4 Å². The molecule has 1 heterocycles. The summed E-state index contributed by atoms with van der Waals surface area (Å²) >= 11 is 0.